The van der Waals surface area contributed by atoms with Crippen LogP contribution in [0.25, 0.3) is 0 Å². The van der Waals surface area contributed by atoms with Gasteiger partial charge in [-0.25, -0.2) is 0 Å². The van der Waals surface area contributed by atoms with E-state index in [9.17, 15) is 0 Å². The van der Waals surface area contributed by atoms with Crippen molar-refractivity contribution in [1.82, 2.24) is 0 Å². The Hall–Kier alpha value is 0.757. The molecule has 0 aliphatic heterocycles. The summed E-state index contributed by atoms with van der Waals surface area (Å²) in [7, 11) is 0. The van der Waals surface area contributed by atoms with E-state index in [1.165, 1.54) is 70.6 Å². The SMILES string of the molecule is CCCCCCCCCCC[Si](Cl)(Cl)COCCCCC. The Kier molecular flexibility index (Phi) is 16.2. The van der Waals surface area contributed by atoms with Gasteiger partial charge >= 0.3 is 0 Å². The maximum atomic E-state index is 6.43. The molecule has 0 atom stereocenters. The molecule has 0 aromatic rings. The molecule has 0 aromatic carbocycles. The Morgan fingerprint density at radius 1 is 0.667 bits per heavy atom. The number of halogens is 2. The van der Waals surface area contributed by atoms with Gasteiger partial charge in [0.15, 0.2) is 0 Å². The lowest BCUT2D eigenvalue weighted by Gasteiger charge is -2.16. The fourth-order valence-corrected chi connectivity index (χ4v) is 5.06. The third-order valence-corrected chi connectivity index (χ3v) is 7.35. The van der Waals surface area contributed by atoms with Crippen LogP contribution >= 0.6 is 22.2 Å². The normalized spacial score (nSPS) is 12.0. The van der Waals surface area contributed by atoms with E-state index in [1.807, 2.05) is 0 Å². The predicted molar refractivity (Wildman–Crippen MR) is 99.8 cm³/mol. The van der Waals surface area contributed by atoms with Gasteiger partial charge in [0.25, 0.3) is 6.69 Å². The Labute approximate surface area is 143 Å². The lowest BCUT2D eigenvalue weighted by atomic mass is 10.1. The average Bonchev–Trinajstić information content (AvgIpc) is 2.45. The highest BCUT2D eigenvalue weighted by Gasteiger charge is 2.27. The van der Waals surface area contributed by atoms with Crippen LogP contribution in [0.3, 0.4) is 0 Å². The maximum absolute atomic E-state index is 6.43. The number of hydrogen-bond acceptors (Lipinski definition) is 1. The van der Waals surface area contributed by atoms with E-state index >= 15 is 0 Å². The zero-order valence-electron chi connectivity index (χ0n) is 14.3. The van der Waals surface area contributed by atoms with Crippen molar-refractivity contribution in [1.29, 1.82) is 0 Å². The topological polar surface area (TPSA) is 9.23 Å². The lowest BCUT2D eigenvalue weighted by molar-refractivity contribution is 0.170. The molecule has 4 heteroatoms. The van der Waals surface area contributed by atoms with Crippen LogP contribution in [-0.4, -0.2) is 19.5 Å². The monoisotopic (exact) mass is 354 g/mol. The van der Waals surface area contributed by atoms with Gasteiger partial charge in [0.2, 0.25) is 0 Å². The molecule has 0 saturated heterocycles. The first-order chi connectivity index (χ1) is 10.1. The summed E-state index contributed by atoms with van der Waals surface area (Å²) in [5, 5.41) is 0. The van der Waals surface area contributed by atoms with E-state index in [-0.39, 0.29) is 0 Å². The summed E-state index contributed by atoms with van der Waals surface area (Å²) in [6.45, 7) is 3.16. The molecule has 0 unspecified atom stereocenters. The molecule has 0 spiro atoms. The van der Waals surface area contributed by atoms with Gasteiger partial charge in [0.1, 0.15) is 0 Å². The van der Waals surface area contributed by atoms with Crippen LogP contribution in [0.1, 0.15) is 90.9 Å². The van der Waals surface area contributed by atoms with E-state index < -0.39 is 6.69 Å². The summed E-state index contributed by atoms with van der Waals surface area (Å²) < 4.78 is 5.63. The third kappa shape index (κ3) is 16.9. The summed E-state index contributed by atoms with van der Waals surface area (Å²) in [6.07, 6.45) is 16.3. The van der Waals surface area contributed by atoms with Crippen molar-refractivity contribution in [2.75, 3.05) is 12.8 Å². The van der Waals surface area contributed by atoms with E-state index in [0.29, 0.717) is 6.23 Å². The van der Waals surface area contributed by atoms with E-state index in [1.54, 1.807) is 0 Å². The molecule has 0 heterocycles. The van der Waals surface area contributed by atoms with Crippen molar-refractivity contribution < 1.29 is 4.74 Å². The highest BCUT2D eigenvalue weighted by Crippen LogP contribution is 2.24. The number of rotatable bonds is 16. The second-order valence-corrected chi connectivity index (χ2v) is 13.6. The van der Waals surface area contributed by atoms with Crippen LogP contribution in [0.2, 0.25) is 6.04 Å². The molecule has 128 valence electrons. The van der Waals surface area contributed by atoms with Gasteiger partial charge in [0.05, 0.1) is 6.23 Å². The fraction of sp³-hybridized carbons (Fsp3) is 1.00. The number of ether oxygens (including phenoxy) is 1. The van der Waals surface area contributed by atoms with Crippen LogP contribution < -0.4 is 0 Å². The van der Waals surface area contributed by atoms with Gasteiger partial charge in [-0.15, -0.1) is 22.2 Å². The molecule has 0 saturated carbocycles. The van der Waals surface area contributed by atoms with Gasteiger partial charge < -0.3 is 4.74 Å². The van der Waals surface area contributed by atoms with Crippen LogP contribution in [-0.2, 0) is 4.74 Å². The minimum atomic E-state index is -2.13. The quantitative estimate of drug-likeness (QED) is 0.162. The van der Waals surface area contributed by atoms with Crippen LogP contribution in [0.15, 0.2) is 0 Å². The summed E-state index contributed by atoms with van der Waals surface area (Å²) in [5.74, 6) is 0. The van der Waals surface area contributed by atoms with Gasteiger partial charge in [-0.3, -0.25) is 0 Å². The van der Waals surface area contributed by atoms with Crippen molar-refractivity contribution in [3.05, 3.63) is 0 Å². The Balaban J connectivity index is 3.32. The number of hydrogen-bond donors (Lipinski definition) is 0. The minimum absolute atomic E-state index is 0.608. The van der Waals surface area contributed by atoms with Crippen molar-refractivity contribution >= 4 is 28.9 Å². The maximum Gasteiger partial charge on any atom is 0.275 e. The van der Waals surface area contributed by atoms with Gasteiger partial charge in [-0.05, 0) is 12.5 Å². The van der Waals surface area contributed by atoms with Gasteiger partial charge in [-0.1, -0.05) is 84.5 Å². The Morgan fingerprint density at radius 2 is 1.14 bits per heavy atom. The van der Waals surface area contributed by atoms with E-state index in [4.69, 9.17) is 26.9 Å². The first-order valence-corrected chi connectivity index (χ1v) is 13.5. The first kappa shape index (κ1) is 21.8. The molecule has 0 bridgehead atoms. The van der Waals surface area contributed by atoms with Crippen LogP contribution in [0.4, 0.5) is 0 Å². The van der Waals surface area contributed by atoms with Crippen molar-refractivity contribution in [3.63, 3.8) is 0 Å². The van der Waals surface area contributed by atoms with E-state index in [2.05, 4.69) is 13.8 Å². The second kappa shape index (κ2) is 15.6. The fourth-order valence-electron chi connectivity index (χ4n) is 2.44. The molecule has 0 amide bonds. The molecule has 0 radical (unpaired) electrons. The smallest absolute Gasteiger partial charge is 0.275 e. The largest absolute Gasteiger partial charge is 0.382 e. The number of unbranched alkanes of at least 4 members (excludes halogenated alkanes) is 10. The van der Waals surface area contributed by atoms with Crippen LogP contribution in [0.5, 0.6) is 0 Å². The molecule has 0 aromatic heterocycles. The lowest BCUT2D eigenvalue weighted by Crippen LogP contribution is -2.27. The zero-order valence-corrected chi connectivity index (χ0v) is 16.8. The van der Waals surface area contributed by atoms with E-state index in [0.717, 1.165) is 19.1 Å². The summed E-state index contributed by atoms with van der Waals surface area (Å²) in [6, 6.07) is 0.986. The van der Waals surface area contributed by atoms with Crippen molar-refractivity contribution in [2.45, 2.75) is 96.9 Å². The molecule has 21 heavy (non-hydrogen) atoms. The molecule has 0 rings (SSSR count). The average molecular weight is 355 g/mol. The molecule has 0 fully saturated rings. The molecule has 1 nitrogen and oxygen atoms in total. The summed E-state index contributed by atoms with van der Waals surface area (Å²) in [5.41, 5.74) is 0. The molecule has 0 aliphatic rings. The molecular weight excluding hydrogens is 319 g/mol. The molecule has 0 aliphatic carbocycles. The van der Waals surface area contributed by atoms with Crippen LogP contribution in [0, 0.1) is 0 Å². The van der Waals surface area contributed by atoms with Crippen molar-refractivity contribution in [3.8, 4) is 0 Å². The Morgan fingerprint density at radius 3 is 1.71 bits per heavy atom. The zero-order chi connectivity index (χ0) is 15.8. The van der Waals surface area contributed by atoms with Crippen molar-refractivity contribution in [2.24, 2.45) is 0 Å². The van der Waals surface area contributed by atoms with Gasteiger partial charge in [-0.2, -0.15) is 0 Å². The first-order valence-electron chi connectivity index (χ1n) is 9.08. The predicted octanol–water partition coefficient (Wildman–Crippen LogP) is 7.18. The third-order valence-electron chi connectivity index (χ3n) is 3.85. The Bertz CT molecular complexity index is 213. The molecule has 0 N–H and O–H groups in total. The standard InChI is InChI=1S/C17H36Cl2OSi/c1-3-5-7-8-9-10-11-12-14-16-21(18,19)17-20-15-13-6-4-2/h3-17H2,1-2H3. The summed E-state index contributed by atoms with van der Waals surface area (Å²) in [4.78, 5) is 0. The highest BCUT2D eigenvalue weighted by atomic mass is 35.7. The second-order valence-electron chi connectivity index (χ2n) is 6.19. The summed E-state index contributed by atoms with van der Waals surface area (Å²) >= 11 is 12.9. The highest BCUT2D eigenvalue weighted by molar-refractivity contribution is 7.45. The molecular formula is C17H36Cl2OSi. The minimum Gasteiger partial charge on any atom is -0.382 e. The van der Waals surface area contributed by atoms with Gasteiger partial charge in [0, 0.05) is 6.61 Å².